The van der Waals surface area contributed by atoms with E-state index in [9.17, 15) is 9.59 Å². The van der Waals surface area contributed by atoms with Gasteiger partial charge in [0.1, 0.15) is 6.61 Å². The van der Waals surface area contributed by atoms with Crippen LogP contribution < -0.4 is 0 Å². The Morgan fingerprint density at radius 2 is 1.80 bits per heavy atom. The molecule has 0 aliphatic heterocycles. The molecule has 1 aromatic carbocycles. The molecule has 0 radical (unpaired) electrons. The topological polar surface area (TPSA) is 83.8 Å². The minimum atomic E-state index is -1.23. The van der Waals surface area contributed by atoms with Crippen LogP contribution in [-0.4, -0.2) is 28.8 Å². The maximum atomic E-state index is 10.8. The van der Waals surface area contributed by atoms with Crippen LogP contribution in [0.2, 0.25) is 0 Å². The molecular formula is C10H10O5. The van der Waals surface area contributed by atoms with Crippen molar-refractivity contribution in [1.29, 1.82) is 0 Å². The van der Waals surface area contributed by atoms with Gasteiger partial charge in [0.25, 0.3) is 0 Å². The zero-order valence-corrected chi connectivity index (χ0v) is 7.79. The van der Waals surface area contributed by atoms with Crippen LogP contribution in [0, 0.1) is 0 Å². The highest BCUT2D eigenvalue weighted by Crippen LogP contribution is 2.16. The minimum Gasteiger partial charge on any atom is -0.480 e. The molecule has 0 unspecified atom stereocenters. The third-order valence-corrected chi connectivity index (χ3v) is 1.70. The summed E-state index contributed by atoms with van der Waals surface area (Å²) in [6.07, 6.45) is -1.23. The van der Waals surface area contributed by atoms with E-state index in [1.165, 1.54) is 0 Å². The summed E-state index contributed by atoms with van der Waals surface area (Å²) in [7, 11) is 0. The smallest absolute Gasteiger partial charge is 0.337 e. The van der Waals surface area contributed by atoms with Crippen molar-refractivity contribution in [2.75, 3.05) is 6.61 Å². The summed E-state index contributed by atoms with van der Waals surface area (Å²) in [5.41, 5.74) is 0.422. The molecule has 80 valence electrons. The highest BCUT2D eigenvalue weighted by atomic mass is 16.5. The van der Waals surface area contributed by atoms with Crippen molar-refractivity contribution >= 4 is 11.9 Å². The standard InChI is InChI=1S/C10H10O5/c11-8(12)6-15-9(10(13)14)7-4-2-1-3-5-7/h1-5,9H,6H2,(H,11,12)(H,13,14)/t9-/m1/s1. The fraction of sp³-hybridized carbons (Fsp3) is 0.200. The fourth-order valence-electron chi connectivity index (χ4n) is 1.09. The maximum Gasteiger partial charge on any atom is 0.337 e. The van der Waals surface area contributed by atoms with Gasteiger partial charge in [-0.3, -0.25) is 0 Å². The molecule has 0 amide bonds. The molecule has 5 heteroatoms. The number of benzene rings is 1. The van der Waals surface area contributed by atoms with Crippen molar-refractivity contribution in [2.24, 2.45) is 0 Å². The SMILES string of the molecule is O=C(O)CO[C@@H](C(=O)O)c1ccccc1. The largest absolute Gasteiger partial charge is 0.480 e. The van der Waals surface area contributed by atoms with Gasteiger partial charge in [0, 0.05) is 0 Å². The number of carboxylic acid groups (broad SMARTS) is 2. The second-order valence-electron chi connectivity index (χ2n) is 2.83. The first-order chi connectivity index (χ1) is 7.11. The van der Waals surface area contributed by atoms with E-state index < -0.39 is 24.6 Å². The van der Waals surface area contributed by atoms with Gasteiger partial charge in [-0.25, -0.2) is 9.59 Å². The number of ether oxygens (including phenoxy) is 1. The Morgan fingerprint density at radius 1 is 1.20 bits per heavy atom. The van der Waals surface area contributed by atoms with E-state index in [1.54, 1.807) is 30.3 Å². The Kier molecular flexibility index (Phi) is 3.82. The van der Waals surface area contributed by atoms with E-state index in [2.05, 4.69) is 0 Å². The van der Waals surface area contributed by atoms with Gasteiger partial charge in [-0.15, -0.1) is 0 Å². The quantitative estimate of drug-likeness (QED) is 0.754. The van der Waals surface area contributed by atoms with E-state index in [0.29, 0.717) is 5.56 Å². The average molecular weight is 210 g/mol. The van der Waals surface area contributed by atoms with Crippen LogP contribution in [0.3, 0.4) is 0 Å². The molecule has 0 saturated carbocycles. The van der Waals surface area contributed by atoms with Crippen molar-refractivity contribution < 1.29 is 24.5 Å². The molecule has 15 heavy (non-hydrogen) atoms. The van der Waals surface area contributed by atoms with Crippen molar-refractivity contribution in [3.05, 3.63) is 35.9 Å². The molecule has 2 N–H and O–H groups in total. The second kappa shape index (κ2) is 5.11. The van der Waals surface area contributed by atoms with Gasteiger partial charge < -0.3 is 14.9 Å². The second-order valence-corrected chi connectivity index (χ2v) is 2.83. The molecule has 0 heterocycles. The highest BCUT2D eigenvalue weighted by molar-refractivity contribution is 5.75. The monoisotopic (exact) mass is 210 g/mol. The first-order valence-corrected chi connectivity index (χ1v) is 4.22. The summed E-state index contributed by atoms with van der Waals surface area (Å²) in [4.78, 5) is 21.0. The maximum absolute atomic E-state index is 10.8. The molecule has 1 atom stereocenters. The van der Waals surface area contributed by atoms with Crippen LogP contribution in [0.25, 0.3) is 0 Å². The third kappa shape index (κ3) is 3.40. The normalized spacial score (nSPS) is 12.0. The van der Waals surface area contributed by atoms with Gasteiger partial charge in [-0.1, -0.05) is 30.3 Å². The summed E-state index contributed by atoms with van der Waals surface area (Å²) in [6.45, 7) is -0.633. The van der Waals surface area contributed by atoms with E-state index >= 15 is 0 Å². The predicted octanol–water partition coefficient (Wildman–Crippen LogP) is 0.913. The van der Waals surface area contributed by atoms with Crippen LogP contribution >= 0.6 is 0 Å². The lowest BCUT2D eigenvalue weighted by atomic mass is 10.1. The molecule has 0 aliphatic carbocycles. The first-order valence-electron chi connectivity index (χ1n) is 4.22. The van der Waals surface area contributed by atoms with Crippen LogP contribution in [0.5, 0.6) is 0 Å². The summed E-state index contributed by atoms with van der Waals surface area (Å²) < 4.78 is 4.75. The van der Waals surface area contributed by atoms with Gasteiger partial charge in [0.2, 0.25) is 0 Å². The number of carboxylic acids is 2. The Morgan fingerprint density at radius 3 is 2.27 bits per heavy atom. The van der Waals surface area contributed by atoms with Crippen molar-refractivity contribution in [2.45, 2.75) is 6.10 Å². The molecule has 0 fully saturated rings. The van der Waals surface area contributed by atoms with Crippen molar-refractivity contribution in [3.63, 3.8) is 0 Å². The number of hydrogen-bond acceptors (Lipinski definition) is 3. The van der Waals surface area contributed by atoms with Crippen LogP contribution in [-0.2, 0) is 14.3 Å². The fourth-order valence-corrected chi connectivity index (χ4v) is 1.09. The number of aliphatic carboxylic acids is 2. The van der Waals surface area contributed by atoms with Crippen molar-refractivity contribution in [3.8, 4) is 0 Å². The molecular weight excluding hydrogens is 200 g/mol. The van der Waals surface area contributed by atoms with Crippen LogP contribution in [0.4, 0.5) is 0 Å². The van der Waals surface area contributed by atoms with Crippen LogP contribution in [0.1, 0.15) is 11.7 Å². The third-order valence-electron chi connectivity index (χ3n) is 1.70. The zero-order chi connectivity index (χ0) is 11.3. The summed E-state index contributed by atoms with van der Waals surface area (Å²) in [6, 6.07) is 8.20. The van der Waals surface area contributed by atoms with Crippen LogP contribution in [0.15, 0.2) is 30.3 Å². The van der Waals surface area contributed by atoms with Gasteiger partial charge in [-0.05, 0) is 5.56 Å². The molecule has 0 aromatic heterocycles. The molecule has 0 spiro atoms. The molecule has 0 bridgehead atoms. The number of hydrogen-bond donors (Lipinski definition) is 2. The lowest BCUT2D eigenvalue weighted by Crippen LogP contribution is -2.19. The molecule has 1 aromatic rings. The highest BCUT2D eigenvalue weighted by Gasteiger charge is 2.20. The predicted molar refractivity (Wildman–Crippen MR) is 50.4 cm³/mol. The molecule has 1 rings (SSSR count). The van der Waals surface area contributed by atoms with Gasteiger partial charge in [0.15, 0.2) is 6.10 Å². The van der Waals surface area contributed by atoms with Crippen molar-refractivity contribution in [1.82, 2.24) is 0 Å². The van der Waals surface area contributed by atoms with E-state index in [0.717, 1.165) is 0 Å². The summed E-state index contributed by atoms with van der Waals surface area (Å²) in [5.74, 6) is -2.40. The lowest BCUT2D eigenvalue weighted by molar-refractivity contribution is -0.156. The Hall–Kier alpha value is -1.88. The van der Waals surface area contributed by atoms with E-state index in [-0.39, 0.29) is 0 Å². The lowest BCUT2D eigenvalue weighted by Gasteiger charge is -2.11. The van der Waals surface area contributed by atoms with Gasteiger partial charge >= 0.3 is 11.9 Å². The van der Waals surface area contributed by atoms with E-state index in [1.807, 2.05) is 0 Å². The van der Waals surface area contributed by atoms with Gasteiger partial charge in [0.05, 0.1) is 0 Å². The number of carbonyl (C=O) groups is 2. The average Bonchev–Trinajstić information content (AvgIpc) is 2.18. The number of rotatable bonds is 5. The molecule has 5 nitrogen and oxygen atoms in total. The van der Waals surface area contributed by atoms with Gasteiger partial charge in [-0.2, -0.15) is 0 Å². The van der Waals surface area contributed by atoms with E-state index in [4.69, 9.17) is 14.9 Å². The first kappa shape index (κ1) is 11.2. The Labute approximate surface area is 85.9 Å². The minimum absolute atomic E-state index is 0.422. The molecule has 0 saturated heterocycles. The summed E-state index contributed by atoms with van der Waals surface area (Å²) >= 11 is 0. The zero-order valence-electron chi connectivity index (χ0n) is 7.79. The molecule has 0 aliphatic rings. The summed E-state index contributed by atoms with van der Waals surface area (Å²) in [5, 5.41) is 17.2. The Balaban J connectivity index is 2.75. The Bertz CT molecular complexity index is 346.